The van der Waals surface area contributed by atoms with Gasteiger partial charge in [-0.05, 0) is 67.4 Å². The van der Waals surface area contributed by atoms with Crippen molar-refractivity contribution in [2.75, 3.05) is 10.6 Å². The summed E-state index contributed by atoms with van der Waals surface area (Å²) in [5.41, 5.74) is 3.57. The standard InChI is InChI=1S/C18H21FN2S/c1-3-4-5-14-7-9-15(10-8-14)20-18(22)21-17-12-13(2)6-11-16(17)19/h6-12H,3-5H2,1-2H3,(H2,20,21,22). The van der Waals surface area contributed by atoms with Gasteiger partial charge in [0.05, 0.1) is 5.69 Å². The summed E-state index contributed by atoms with van der Waals surface area (Å²) >= 11 is 5.23. The van der Waals surface area contributed by atoms with Crippen molar-refractivity contribution in [3.8, 4) is 0 Å². The number of halogens is 1. The number of hydrogen-bond acceptors (Lipinski definition) is 1. The molecular weight excluding hydrogens is 295 g/mol. The summed E-state index contributed by atoms with van der Waals surface area (Å²) in [6.07, 6.45) is 3.48. The normalized spacial score (nSPS) is 10.3. The van der Waals surface area contributed by atoms with Crippen LogP contribution in [0.2, 0.25) is 0 Å². The van der Waals surface area contributed by atoms with Crippen molar-refractivity contribution >= 4 is 28.7 Å². The minimum Gasteiger partial charge on any atom is -0.332 e. The molecule has 0 radical (unpaired) electrons. The Balaban J connectivity index is 1.95. The largest absolute Gasteiger partial charge is 0.332 e. The molecule has 0 fully saturated rings. The zero-order valence-electron chi connectivity index (χ0n) is 12.9. The zero-order valence-corrected chi connectivity index (χ0v) is 13.8. The van der Waals surface area contributed by atoms with Gasteiger partial charge in [-0.25, -0.2) is 4.39 Å². The zero-order chi connectivity index (χ0) is 15.9. The molecule has 116 valence electrons. The molecule has 22 heavy (non-hydrogen) atoms. The summed E-state index contributed by atoms with van der Waals surface area (Å²) in [7, 11) is 0. The van der Waals surface area contributed by atoms with Crippen LogP contribution < -0.4 is 10.6 Å². The number of unbranched alkanes of at least 4 members (excludes halogenated alkanes) is 1. The van der Waals surface area contributed by atoms with Crippen LogP contribution in [0.25, 0.3) is 0 Å². The van der Waals surface area contributed by atoms with Gasteiger partial charge in [-0.1, -0.05) is 31.5 Å². The topological polar surface area (TPSA) is 24.1 Å². The summed E-state index contributed by atoms with van der Waals surface area (Å²) in [6.45, 7) is 4.10. The molecule has 0 aliphatic carbocycles. The first-order chi connectivity index (χ1) is 10.6. The fourth-order valence-electron chi connectivity index (χ4n) is 2.16. The molecular formula is C18H21FN2S. The Morgan fingerprint density at radius 2 is 1.82 bits per heavy atom. The second-order valence-corrected chi connectivity index (χ2v) is 5.77. The van der Waals surface area contributed by atoms with Gasteiger partial charge in [0, 0.05) is 5.69 Å². The molecule has 4 heteroatoms. The second-order valence-electron chi connectivity index (χ2n) is 5.36. The van der Waals surface area contributed by atoms with E-state index in [-0.39, 0.29) is 5.82 Å². The van der Waals surface area contributed by atoms with Crippen LogP contribution in [-0.2, 0) is 6.42 Å². The van der Waals surface area contributed by atoms with Crippen LogP contribution in [0, 0.1) is 12.7 Å². The molecule has 0 spiro atoms. The lowest BCUT2D eigenvalue weighted by atomic mass is 10.1. The minimum absolute atomic E-state index is 0.315. The van der Waals surface area contributed by atoms with Crippen LogP contribution in [-0.4, -0.2) is 5.11 Å². The molecule has 0 unspecified atom stereocenters. The van der Waals surface area contributed by atoms with E-state index in [9.17, 15) is 4.39 Å². The lowest BCUT2D eigenvalue weighted by Crippen LogP contribution is -2.19. The van der Waals surface area contributed by atoms with E-state index in [0.717, 1.165) is 17.7 Å². The molecule has 0 aromatic heterocycles. The molecule has 0 saturated heterocycles. The van der Waals surface area contributed by atoms with Crippen molar-refractivity contribution < 1.29 is 4.39 Å². The maximum atomic E-state index is 13.7. The molecule has 2 nitrogen and oxygen atoms in total. The van der Waals surface area contributed by atoms with Crippen molar-refractivity contribution in [1.29, 1.82) is 0 Å². The van der Waals surface area contributed by atoms with Crippen molar-refractivity contribution in [3.05, 3.63) is 59.4 Å². The maximum Gasteiger partial charge on any atom is 0.175 e. The van der Waals surface area contributed by atoms with Gasteiger partial charge in [0.15, 0.2) is 5.11 Å². The summed E-state index contributed by atoms with van der Waals surface area (Å²) in [5.74, 6) is -0.315. The highest BCUT2D eigenvalue weighted by atomic mass is 32.1. The molecule has 0 bridgehead atoms. The Morgan fingerprint density at radius 1 is 1.09 bits per heavy atom. The van der Waals surface area contributed by atoms with Gasteiger partial charge in [-0.2, -0.15) is 0 Å². The predicted octanol–water partition coefficient (Wildman–Crippen LogP) is 5.29. The van der Waals surface area contributed by atoms with Gasteiger partial charge < -0.3 is 10.6 Å². The van der Waals surface area contributed by atoms with Crippen molar-refractivity contribution in [2.24, 2.45) is 0 Å². The fraction of sp³-hybridized carbons (Fsp3) is 0.278. The molecule has 2 N–H and O–H groups in total. The molecule has 0 atom stereocenters. The van der Waals surface area contributed by atoms with Crippen molar-refractivity contribution in [1.82, 2.24) is 0 Å². The summed E-state index contributed by atoms with van der Waals surface area (Å²) in [6, 6.07) is 13.1. The predicted molar refractivity (Wildman–Crippen MR) is 96.0 cm³/mol. The molecule has 2 aromatic carbocycles. The van der Waals surface area contributed by atoms with Gasteiger partial charge in [-0.15, -0.1) is 0 Å². The number of aryl methyl sites for hydroxylation is 2. The highest BCUT2D eigenvalue weighted by Gasteiger charge is 2.05. The van der Waals surface area contributed by atoms with Gasteiger partial charge in [-0.3, -0.25) is 0 Å². The number of rotatable bonds is 5. The second kappa shape index (κ2) is 7.90. The highest BCUT2D eigenvalue weighted by molar-refractivity contribution is 7.80. The quantitative estimate of drug-likeness (QED) is 0.733. The summed E-state index contributed by atoms with van der Waals surface area (Å²) < 4.78 is 13.7. The first kappa shape index (κ1) is 16.4. The molecule has 2 rings (SSSR count). The van der Waals surface area contributed by atoms with E-state index in [1.165, 1.54) is 24.5 Å². The van der Waals surface area contributed by atoms with Gasteiger partial charge in [0.25, 0.3) is 0 Å². The lowest BCUT2D eigenvalue weighted by Gasteiger charge is -2.12. The van der Waals surface area contributed by atoms with Crippen LogP contribution in [0.1, 0.15) is 30.9 Å². The molecule has 2 aromatic rings. The van der Waals surface area contributed by atoms with Gasteiger partial charge in [0.1, 0.15) is 5.82 Å². The molecule has 0 amide bonds. The SMILES string of the molecule is CCCCc1ccc(NC(=S)Nc2cc(C)ccc2F)cc1. The van der Waals surface area contributed by atoms with E-state index < -0.39 is 0 Å². The number of hydrogen-bond donors (Lipinski definition) is 2. The van der Waals surface area contributed by atoms with Gasteiger partial charge >= 0.3 is 0 Å². The van der Waals surface area contributed by atoms with E-state index in [4.69, 9.17) is 12.2 Å². The third kappa shape index (κ3) is 4.81. The minimum atomic E-state index is -0.315. The highest BCUT2D eigenvalue weighted by Crippen LogP contribution is 2.17. The van der Waals surface area contributed by atoms with Gasteiger partial charge in [0.2, 0.25) is 0 Å². The van der Waals surface area contributed by atoms with Crippen LogP contribution in [0.4, 0.5) is 15.8 Å². The number of benzene rings is 2. The third-order valence-electron chi connectivity index (χ3n) is 3.40. The number of nitrogens with one attached hydrogen (secondary N) is 2. The summed E-state index contributed by atoms with van der Waals surface area (Å²) in [4.78, 5) is 0. The lowest BCUT2D eigenvalue weighted by molar-refractivity contribution is 0.632. The smallest absolute Gasteiger partial charge is 0.175 e. The fourth-order valence-corrected chi connectivity index (χ4v) is 2.38. The first-order valence-corrected chi connectivity index (χ1v) is 7.92. The average molecular weight is 316 g/mol. The number of thiocarbonyl (C=S) groups is 1. The van der Waals surface area contributed by atoms with Crippen LogP contribution >= 0.6 is 12.2 Å². The van der Waals surface area contributed by atoms with E-state index in [1.807, 2.05) is 19.1 Å². The van der Waals surface area contributed by atoms with Crippen molar-refractivity contribution in [3.63, 3.8) is 0 Å². The Labute approximate surface area is 136 Å². The Bertz CT molecular complexity index is 638. The van der Waals surface area contributed by atoms with E-state index in [2.05, 4.69) is 29.7 Å². The van der Waals surface area contributed by atoms with E-state index in [1.54, 1.807) is 12.1 Å². The van der Waals surface area contributed by atoms with E-state index in [0.29, 0.717) is 10.8 Å². The molecule has 0 heterocycles. The van der Waals surface area contributed by atoms with Crippen LogP contribution in [0.5, 0.6) is 0 Å². The molecule has 0 saturated carbocycles. The number of anilines is 2. The molecule has 0 aliphatic rings. The maximum absolute atomic E-state index is 13.7. The monoisotopic (exact) mass is 316 g/mol. The molecule has 0 aliphatic heterocycles. The van der Waals surface area contributed by atoms with E-state index >= 15 is 0 Å². The average Bonchev–Trinajstić information content (AvgIpc) is 2.50. The summed E-state index contributed by atoms with van der Waals surface area (Å²) in [5, 5.41) is 6.35. The third-order valence-corrected chi connectivity index (χ3v) is 3.60. The van der Waals surface area contributed by atoms with Crippen LogP contribution in [0.3, 0.4) is 0 Å². The van der Waals surface area contributed by atoms with Crippen molar-refractivity contribution in [2.45, 2.75) is 33.1 Å². The van der Waals surface area contributed by atoms with Crippen LogP contribution in [0.15, 0.2) is 42.5 Å². The Morgan fingerprint density at radius 3 is 2.50 bits per heavy atom. The Hall–Kier alpha value is -1.94. The Kier molecular flexibility index (Phi) is 5.90. The first-order valence-electron chi connectivity index (χ1n) is 7.51.